The van der Waals surface area contributed by atoms with Crippen LogP contribution in [-0.4, -0.2) is 27.6 Å². The van der Waals surface area contributed by atoms with Crippen molar-refractivity contribution in [2.75, 3.05) is 24.0 Å². The second-order valence-corrected chi connectivity index (χ2v) is 15.1. The Kier molecular flexibility index (Phi) is 8.52. The summed E-state index contributed by atoms with van der Waals surface area (Å²) in [6.45, 7) is 0. The molecule has 1 aliphatic rings. The van der Waals surface area contributed by atoms with Crippen molar-refractivity contribution in [2.24, 2.45) is 0 Å². The molecule has 0 aliphatic carbocycles. The van der Waals surface area contributed by atoms with Crippen molar-refractivity contribution in [3.05, 3.63) is 176 Å². The Morgan fingerprint density at radius 2 is 1.00 bits per heavy atom. The zero-order chi connectivity index (χ0) is 37.5. The van der Waals surface area contributed by atoms with Crippen LogP contribution in [-0.2, 0) is 9.84 Å². The predicted octanol–water partition coefficient (Wildman–Crippen LogP) is 11.7. The lowest BCUT2D eigenvalue weighted by molar-refractivity contribution is 0.355. The summed E-state index contributed by atoms with van der Waals surface area (Å²) in [6.07, 6.45) is 0. The zero-order valence-electron chi connectivity index (χ0n) is 30.1. The maximum Gasteiger partial charge on any atom is 0.206 e. The van der Waals surface area contributed by atoms with E-state index in [4.69, 9.17) is 14.5 Å². The first-order chi connectivity index (χ1) is 27.0. The van der Waals surface area contributed by atoms with E-state index in [1.54, 1.807) is 56.7 Å². The second kappa shape index (κ2) is 13.8. The van der Waals surface area contributed by atoms with E-state index in [-0.39, 0.29) is 9.79 Å². The van der Waals surface area contributed by atoms with E-state index in [9.17, 15) is 8.42 Å². The summed E-state index contributed by atoms with van der Waals surface area (Å²) in [4.78, 5) is 10.4. The highest BCUT2D eigenvalue weighted by Crippen LogP contribution is 2.55. The number of hydrogen-bond donors (Lipinski definition) is 0. The number of sulfone groups is 1. The fourth-order valence-electron chi connectivity index (χ4n) is 7.40. The molecule has 1 aliphatic heterocycles. The number of anilines is 6. The van der Waals surface area contributed by atoms with Crippen molar-refractivity contribution >= 4 is 54.9 Å². The van der Waals surface area contributed by atoms with Crippen LogP contribution in [0.1, 0.15) is 0 Å². The second-order valence-electron chi connectivity index (χ2n) is 13.1. The van der Waals surface area contributed by atoms with Crippen LogP contribution >= 0.6 is 0 Å². The molecule has 0 N–H and O–H groups in total. The Hall–Kier alpha value is -6.90. The highest BCUT2D eigenvalue weighted by atomic mass is 32.2. The molecule has 1 aromatic heterocycles. The fourth-order valence-corrected chi connectivity index (χ4v) is 8.69. The first-order valence-electron chi connectivity index (χ1n) is 17.9. The molecule has 8 heteroatoms. The van der Waals surface area contributed by atoms with Crippen molar-refractivity contribution in [3.8, 4) is 33.9 Å². The Morgan fingerprint density at radius 3 is 1.62 bits per heavy atom. The largest absolute Gasteiger partial charge is 0.493 e. The molecule has 0 radical (unpaired) electrons. The van der Waals surface area contributed by atoms with Gasteiger partial charge in [-0.3, -0.25) is 0 Å². The molecule has 0 fully saturated rings. The Balaban J connectivity index is 1.27. The normalized spacial score (nSPS) is 12.3. The molecule has 55 heavy (non-hydrogen) atoms. The quantitative estimate of drug-likeness (QED) is 0.154. The van der Waals surface area contributed by atoms with Crippen molar-refractivity contribution in [1.29, 1.82) is 0 Å². The lowest BCUT2D eigenvalue weighted by Crippen LogP contribution is -2.24. The van der Waals surface area contributed by atoms with Gasteiger partial charge >= 0.3 is 0 Å². The Labute approximate surface area is 320 Å². The summed E-state index contributed by atoms with van der Waals surface area (Å²) in [5.41, 5.74) is 10.2. The summed E-state index contributed by atoms with van der Waals surface area (Å²) >= 11 is 0. The number of ether oxygens (including phenoxy) is 2. The van der Waals surface area contributed by atoms with Gasteiger partial charge in [0.1, 0.15) is 0 Å². The van der Waals surface area contributed by atoms with Gasteiger partial charge in [0, 0.05) is 16.6 Å². The number of methoxy groups -OCH3 is 2. The van der Waals surface area contributed by atoms with Crippen LogP contribution < -0.4 is 19.3 Å². The summed E-state index contributed by atoms with van der Waals surface area (Å²) < 4.78 is 38.3. The van der Waals surface area contributed by atoms with Gasteiger partial charge in [-0.15, -0.1) is 0 Å². The van der Waals surface area contributed by atoms with Crippen LogP contribution in [0.5, 0.6) is 11.5 Å². The number of aromatic nitrogens is 1. The standard InChI is InChI=1S/C47H35N3O4S/c1-53-45-29-26-33(30-46(45)54-2)38-31-39(32-24-27-36(28-25-32)55(51,52)35-16-7-4-8-17-35)48-47-37(38)18-13-23-44(47)50-42-21-11-9-19-40(42)49(34-14-5-3-6-15-34)41-20-10-12-22-43(41)50/h3-31H,1-2H3. The minimum atomic E-state index is -3.70. The van der Waals surface area contributed by atoms with Crippen molar-refractivity contribution in [3.63, 3.8) is 0 Å². The lowest BCUT2D eigenvalue weighted by Gasteiger charge is -2.40. The summed E-state index contributed by atoms with van der Waals surface area (Å²) in [7, 11) is -0.444. The van der Waals surface area contributed by atoms with E-state index in [1.807, 2.05) is 36.4 Å². The molecule has 9 rings (SSSR count). The van der Waals surface area contributed by atoms with Crippen molar-refractivity contribution in [1.82, 2.24) is 4.98 Å². The number of para-hydroxylation sites is 6. The van der Waals surface area contributed by atoms with Gasteiger partial charge in [-0.05, 0) is 96.1 Å². The molecule has 0 saturated carbocycles. The van der Waals surface area contributed by atoms with E-state index in [0.717, 1.165) is 61.7 Å². The van der Waals surface area contributed by atoms with Gasteiger partial charge in [0.15, 0.2) is 11.5 Å². The maximum atomic E-state index is 13.5. The number of fused-ring (bicyclic) bond motifs is 3. The highest BCUT2D eigenvalue weighted by molar-refractivity contribution is 7.91. The third kappa shape index (κ3) is 5.84. The number of pyridine rings is 1. The average molecular weight is 738 g/mol. The predicted molar refractivity (Wildman–Crippen MR) is 221 cm³/mol. The molecule has 0 atom stereocenters. The van der Waals surface area contributed by atoms with Gasteiger partial charge in [0.25, 0.3) is 0 Å². The average Bonchev–Trinajstić information content (AvgIpc) is 3.25. The number of hydrogen-bond acceptors (Lipinski definition) is 7. The van der Waals surface area contributed by atoms with E-state index >= 15 is 0 Å². The molecule has 2 heterocycles. The molecular formula is C47H35N3O4S. The van der Waals surface area contributed by atoms with Crippen LogP contribution in [0.4, 0.5) is 34.1 Å². The number of nitrogens with zero attached hydrogens (tertiary/aromatic N) is 3. The topological polar surface area (TPSA) is 72.0 Å². The van der Waals surface area contributed by atoms with Crippen LogP contribution in [0.25, 0.3) is 33.3 Å². The molecule has 7 aromatic carbocycles. The molecule has 0 bridgehead atoms. The number of rotatable bonds is 8. The molecular weight excluding hydrogens is 703 g/mol. The molecule has 0 spiro atoms. The van der Waals surface area contributed by atoms with Gasteiger partial charge in [-0.1, -0.05) is 91.0 Å². The van der Waals surface area contributed by atoms with Crippen molar-refractivity contribution in [2.45, 2.75) is 9.79 Å². The van der Waals surface area contributed by atoms with Gasteiger partial charge in [0.2, 0.25) is 9.84 Å². The molecule has 0 unspecified atom stereocenters. The third-order valence-corrected chi connectivity index (χ3v) is 11.8. The molecule has 0 amide bonds. The van der Waals surface area contributed by atoms with Crippen LogP contribution in [0.3, 0.4) is 0 Å². The Morgan fingerprint density at radius 1 is 0.473 bits per heavy atom. The number of benzene rings is 7. The zero-order valence-corrected chi connectivity index (χ0v) is 30.9. The van der Waals surface area contributed by atoms with E-state index in [0.29, 0.717) is 17.2 Å². The van der Waals surface area contributed by atoms with E-state index in [2.05, 4.69) is 107 Å². The van der Waals surface area contributed by atoms with Crippen molar-refractivity contribution < 1.29 is 17.9 Å². The first-order valence-corrected chi connectivity index (χ1v) is 19.3. The fraction of sp³-hybridized carbons (Fsp3) is 0.0426. The maximum absolute atomic E-state index is 13.5. The van der Waals surface area contributed by atoms with Gasteiger partial charge in [-0.25, -0.2) is 13.4 Å². The highest BCUT2D eigenvalue weighted by Gasteiger charge is 2.31. The SMILES string of the molecule is COc1ccc(-c2cc(-c3ccc(S(=O)(=O)c4ccccc4)cc3)nc3c(N4c5ccccc5N(c5ccccc5)c5ccccc54)cccc23)cc1OC. The molecule has 8 aromatic rings. The lowest BCUT2D eigenvalue weighted by atomic mass is 9.96. The smallest absolute Gasteiger partial charge is 0.206 e. The van der Waals surface area contributed by atoms with Crippen LogP contribution in [0, 0.1) is 0 Å². The van der Waals surface area contributed by atoms with Gasteiger partial charge in [0.05, 0.1) is 63.7 Å². The minimum Gasteiger partial charge on any atom is -0.493 e. The van der Waals surface area contributed by atoms with E-state index < -0.39 is 9.84 Å². The Bertz CT molecular complexity index is 2760. The minimum absolute atomic E-state index is 0.216. The van der Waals surface area contributed by atoms with Crippen LogP contribution in [0.15, 0.2) is 186 Å². The summed E-state index contributed by atoms with van der Waals surface area (Å²) in [5, 5.41) is 0.942. The van der Waals surface area contributed by atoms with Gasteiger partial charge in [-0.2, -0.15) is 0 Å². The summed E-state index contributed by atoms with van der Waals surface area (Å²) in [5.74, 6) is 1.24. The third-order valence-electron chi connectivity index (χ3n) is 10.0. The molecule has 0 saturated heterocycles. The molecule has 7 nitrogen and oxygen atoms in total. The van der Waals surface area contributed by atoms with Gasteiger partial charge < -0.3 is 19.3 Å². The van der Waals surface area contributed by atoms with Crippen LogP contribution in [0.2, 0.25) is 0 Å². The first kappa shape index (κ1) is 33.9. The van der Waals surface area contributed by atoms with E-state index in [1.165, 1.54) is 0 Å². The molecule has 268 valence electrons. The monoisotopic (exact) mass is 737 g/mol. The summed E-state index contributed by atoms with van der Waals surface area (Å²) in [6, 6.07) is 56.9.